The van der Waals surface area contributed by atoms with E-state index in [4.69, 9.17) is 28.4 Å². The number of benzene rings is 2. The number of halogens is 3. The van der Waals surface area contributed by atoms with Crippen molar-refractivity contribution in [2.75, 3.05) is 86.3 Å². The van der Waals surface area contributed by atoms with Crippen LogP contribution in [0, 0.1) is 24.2 Å². The fraction of sp³-hybridized carbons (Fsp3) is 0.542. The van der Waals surface area contributed by atoms with Gasteiger partial charge in [0.05, 0.1) is 107 Å². The zero-order chi connectivity index (χ0) is 59.1. The lowest BCUT2D eigenvalue weighted by molar-refractivity contribution is -0.183. The monoisotopic (exact) mass is 1170 g/mol. The van der Waals surface area contributed by atoms with Crippen molar-refractivity contribution in [1.82, 2.24) is 36.1 Å². The van der Waals surface area contributed by atoms with Crippen LogP contribution in [0.2, 0.25) is 0 Å². The summed E-state index contributed by atoms with van der Waals surface area (Å²) in [6, 6.07) is 14.8. The number of nitrogens with zero attached hydrogens (tertiary/aromatic N) is 3. The molecule has 23 heteroatoms. The van der Waals surface area contributed by atoms with Gasteiger partial charge in [0, 0.05) is 38.2 Å². The van der Waals surface area contributed by atoms with Crippen LogP contribution in [0.25, 0.3) is 16.5 Å². The van der Waals surface area contributed by atoms with Gasteiger partial charge in [-0.2, -0.15) is 13.2 Å². The van der Waals surface area contributed by atoms with E-state index in [1.54, 1.807) is 35.1 Å². The minimum absolute atomic E-state index is 0.0000814. The fourth-order valence-electron chi connectivity index (χ4n) is 9.42. The van der Waals surface area contributed by atoms with E-state index in [2.05, 4.69) is 31.2 Å². The first-order valence-electron chi connectivity index (χ1n) is 27.6. The average Bonchev–Trinajstić information content (AvgIpc) is 4.22. The Bertz CT molecular complexity index is 2710. The quantitative estimate of drug-likeness (QED) is 0.0344. The van der Waals surface area contributed by atoms with Crippen LogP contribution in [0.5, 0.6) is 5.75 Å². The van der Waals surface area contributed by atoms with Gasteiger partial charge in [0.25, 0.3) is 5.91 Å². The number of rotatable bonds is 31. The van der Waals surface area contributed by atoms with E-state index in [0.29, 0.717) is 76.9 Å². The molecule has 6 rings (SSSR count). The molecule has 3 atom stereocenters. The van der Waals surface area contributed by atoms with Crippen LogP contribution in [0.1, 0.15) is 91.3 Å². The van der Waals surface area contributed by atoms with Gasteiger partial charge in [0.15, 0.2) is 0 Å². The van der Waals surface area contributed by atoms with E-state index in [-0.39, 0.29) is 88.6 Å². The minimum Gasteiger partial charge on any atom is -0.495 e. The van der Waals surface area contributed by atoms with Crippen molar-refractivity contribution < 1.29 is 70.7 Å². The van der Waals surface area contributed by atoms with Crippen LogP contribution in [0.4, 0.5) is 13.2 Å². The summed E-state index contributed by atoms with van der Waals surface area (Å²) in [5.41, 5.74) is 6.25. The highest BCUT2D eigenvalue weighted by Gasteiger charge is 2.45. The first-order valence-corrected chi connectivity index (χ1v) is 28.5. The zero-order valence-corrected chi connectivity index (χ0v) is 48.2. The topological polar surface area (TPSA) is 238 Å². The molecule has 5 N–H and O–H groups in total. The standard InChI is InChI=1S/C59H78F3N7O12S/c1-39-53(82-38-67-39)44-14-10-41(11-15-44)33-66-56(74)49-32-47(70)36-69(49)57(75)54(58(2,3)4)68-52(72)37-81-28-27-80-26-25-79-24-23-78-22-21-77-20-19-63-51(71)30-42-7-6-8-43(29-42)34-65-55(73)48-31-45(50(76-5)35-64-48)16-9-40-12-17-46(18-13-40)59(60,61)62/h6-11,14-16,29,31,35,38,40,46-47,49,54,70H,12-13,17-28,30,32-34,36-37H2,1-5H3,(H,63,71)(H,65,73)(H,66,74)(H,68,72)/b16-9+/t40-,46-,47-,49+,54-/m1/s1. The highest BCUT2D eigenvalue weighted by atomic mass is 32.1. The number of aryl methyl sites for hydroxylation is 1. The maximum Gasteiger partial charge on any atom is 0.391 e. The third kappa shape index (κ3) is 21.1. The van der Waals surface area contributed by atoms with Gasteiger partial charge in [-0.15, -0.1) is 11.3 Å². The van der Waals surface area contributed by atoms with Gasteiger partial charge in [-0.05, 0) is 72.3 Å². The summed E-state index contributed by atoms with van der Waals surface area (Å²) in [5.74, 6) is -2.79. The summed E-state index contributed by atoms with van der Waals surface area (Å²) in [7, 11) is 1.48. The normalized spacial score (nSPS) is 17.8. The maximum atomic E-state index is 13.9. The van der Waals surface area contributed by atoms with Gasteiger partial charge < -0.3 is 59.7 Å². The number of hydrogen-bond acceptors (Lipinski definition) is 15. The first kappa shape index (κ1) is 64.8. The summed E-state index contributed by atoms with van der Waals surface area (Å²) < 4.78 is 72.4. The highest BCUT2D eigenvalue weighted by molar-refractivity contribution is 7.13. The van der Waals surface area contributed by atoms with Crippen LogP contribution < -0.4 is 26.0 Å². The van der Waals surface area contributed by atoms with Crippen molar-refractivity contribution in [2.24, 2.45) is 17.3 Å². The van der Waals surface area contributed by atoms with Gasteiger partial charge in [0.1, 0.15) is 30.1 Å². The number of hydrogen-bond donors (Lipinski definition) is 5. The summed E-state index contributed by atoms with van der Waals surface area (Å²) in [4.78, 5) is 77.0. The number of nitrogens with one attached hydrogen (secondary N) is 4. The molecule has 2 aromatic carbocycles. The molecule has 0 unspecified atom stereocenters. The summed E-state index contributed by atoms with van der Waals surface area (Å²) in [6.45, 7) is 10.4. The lowest BCUT2D eigenvalue weighted by Gasteiger charge is -2.35. The second-order valence-electron chi connectivity index (χ2n) is 21.3. The van der Waals surface area contributed by atoms with Crippen LogP contribution in [-0.2, 0) is 62.4 Å². The Morgan fingerprint density at radius 2 is 1.41 bits per heavy atom. The number of aromatic nitrogens is 2. The Hall–Kier alpha value is -6.34. The largest absolute Gasteiger partial charge is 0.495 e. The van der Waals surface area contributed by atoms with Crippen LogP contribution in [0.3, 0.4) is 0 Å². The molecule has 19 nitrogen and oxygen atoms in total. The maximum absolute atomic E-state index is 13.9. The number of carbonyl (C=O) groups excluding carboxylic acids is 5. The molecule has 4 aromatic rings. The average molecular weight is 1170 g/mol. The van der Waals surface area contributed by atoms with Crippen molar-refractivity contribution in [3.63, 3.8) is 0 Å². The smallest absolute Gasteiger partial charge is 0.391 e. The van der Waals surface area contributed by atoms with Crippen LogP contribution >= 0.6 is 11.3 Å². The second-order valence-corrected chi connectivity index (χ2v) is 22.2. The SMILES string of the molecule is COc1cnc(C(=O)NCc2cccc(CC(=O)NCCOCCOCCOCCOCCOCC(=O)N[C@H](C(=O)N3C[C@H](O)C[C@H]3C(=O)NCc3ccc(-c4scnc4C)cc3)C(C)(C)C)c2)cc1/C=C/[C@H]1CC[C@H](C(F)(F)F)CC1. The van der Waals surface area contributed by atoms with Crippen molar-refractivity contribution in [1.29, 1.82) is 0 Å². The molecule has 1 aliphatic carbocycles. The van der Waals surface area contributed by atoms with Crippen LogP contribution in [-0.4, -0.2) is 160 Å². The van der Waals surface area contributed by atoms with E-state index in [1.165, 1.54) is 18.2 Å². The summed E-state index contributed by atoms with van der Waals surface area (Å²) in [5, 5.41) is 21.9. The number of thiazole rings is 1. The molecular formula is C59H78F3N7O12S. The molecule has 1 aliphatic heterocycles. The van der Waals surface area contributed by atoms with Gasteiger partial charge in [-0.25, -0.2) is 9.97 Å². The number of likely N-dealkylation sites (tertiary alicyclic amines) is 1. The third-order valence-electron chi connectivity index (χ3n) is 13.9. The number of amides is 5. The Morgan fingerprint density at radius 1 is 0.780 bits per heavy atom. The second kappa shape index (κ2) is 32.5. The van der Waals surface area contributed by atoms with Gasteiger partial charge in [0.2, 0.25) is 23.6 Å². The molecule has 0 radical (unpaired) electrons. The number of β-amino-alcohol motifs (C(OH)–C–C–N with tert-alkyl or cyclic N) is 1. The zero-order valence-electron chi connectivity index (χ0n) is 47.4. The summed E-state index contributed by atoms with van der Waals surface area (Å²) in [6.07, 6.45) is 1.31. The lowest BCUT2D eigenvalue weighted by atomic mass is 9.81. The lowest BCUT2D eigenvalue weighted by Crippen LogP contribution is -2.58. The fourth-order valence-corrected chi connectivity index (χ4v) is 10.2. The van der Waals surface area contributed by atoms with Gasteiger partial charge in [-0.3, -0.25) is 24.0 Å². The minimum atomic E-state index is -4.17. The van der Waals surface area contributed by atoms with Crippen LogP contribution in [0.15, 0.2) is 72.4 Å². The van der Waals surface area contributed by atoms with Crippen molar-refractivity contribution in [3.8, 4) is 16.2 Å². The Labute approximate surface area is 481 Å². The Balaban J connectivity index is 0.753. The van der Waals surface area contributed by atoms with E-state index in [9.17, 15) is 42.3 Å². The predicted molar refractivity (Wildman–Crippen MR) is 301 cm³/mol. The molecule has 448 valence electrons. The number of allylic oxidation sites excluding steroid dienone is 1. The molecular weight excluding hydrogens is 1090 g/mol. The molecule has 2 fully saturated rings. The van der Waals surface area contributed by atoms with Crippen molar-refractivity contribution in [2.45, 2.75) is 104 Å². The number of aliphatic hydroxyl groups excluding tert-OH is 1. The number of aliphatic hydroxyl groups is 1. The molecule has 3 heterocycles. The summed E-state index contributed by atoms with van der Waals surface area (Å²) >= 11 is 1.56. The molecule has 1 saturated carbocycles. The number of pyridine rings is 1. The van der Waals surface area contributed by atoms with Gasteiger partial charge in [-0.1, -0.05) is 81.5 Å². The number of alkyl halides is 3. The number of ether oxygens (including phenoxy) is 6. The van der Waals surface area contributed by atoms with E-state index in [0.717, 1.165) is 32.8 Å². The molecule has 2 aliphatic rings. The molecule has 0 spiro atoms. The van der Waals surface area contributed by atoms with E-state index in [1.807, 2.05) is 76.2 Å². The highest BCUT2D eigenvalue weighted by Crippen LogP contribution is 2.40. The molecule has 1 saturated heterocycles. The van der Waals surface area contributed by atoms with Crippen molar-refractivity contribution >= 4 is 46.9 Å². The molecule has 0 bridgehead atoms. The number of methoxy groups -OCH3 is 1. The van der Waals surface area contributed by atoms with E-state index < -0.39 is 53.4 Å². The Kier molecular flexibility index (Phi) is 25.7. The molecule has 82 heavy (non-hydrogen) atoms. The van der Waals surface area contributed by atoms with E-state index >= 15 is 0 Å². The van der Waals surface area contributed by atoms with Gasteiger partial charge >= 0.3 is 6.18 Å². The van der Waals surface area contributed by atoms with Crippen molar-refractivity contribution in [3.05, 3.63) is 106 Å². The third-order valence-corrected chi connectivity index (χ3v) is 14.9. The first-order chi connectivity index (χ1) is 39.3. The predicted octanol–water partition coefficient (Wildman–Crippen LogP) is 6.38. The Morgan fingerprint density at radius 3 is 2.04 bits per heavy atom. The number of carbonyl (C=O) groups is 5. The molecule has 2 aromatic heterocycles. The molecule has 5 amide bonds.